The highest BCUT2D eigenvalue weighted by Gasteiger charge is 2.22. The van der Waals surface area contributed by atoms with Crippen LogP contribution in [0.4, 0.5) is 17.3 Å². The van der Waals surface area contributed by atoms with Crippen molar-refractivity contribution in [1.82, 2.24) is 20.4 Å². The van der Waals surface area contributed by atoms with E-state index >= 15 is 0 Å². The van der Waals surface area contributed by atoms with Crippen LogP contribution in [0.15, 0.2) is 30.7 Å². The molecule has 2 rings (SSSR count). The first-order valence-corrected chi connectivity index (χ1v) is 5.78. The highest BCUT2D eigenvalue weighted by atomic mass is 16.6. The fraction of sp³-hybridized carbons (Fsp3) is 0.0909. The van der Waals surface area contributed by atoms with Crippen LogP contribution < -0.4 is 16.2 Å². The number of nitrogens with zero attached hydrogens (tertiary/aromatic N) is 4. The minimum absolute atomic E-state index is 0.0320. The van der Waals surface area contributed by atoms with E-state index in [9.17, 15) is 14.9 Å². The van der Waals surface area contributed by atoms with Gasteiger partial charge in [0.05, 0.1) is 4.92 Å². The molecule has 108 valence electrons. The molecule has 0 fully saturated rings. The molecule has 0 aliphatic rings. The lowest BCUT2D eigenvalue weighted by Gasteiger charge is -2.09. The van der Waals surface area contributed by atoms with Gasteiger partial charge in [-0.25, -0.2) is 9.97 Å². The monoisotopic (exact) mass is 289 g/mol. The van der Waals surface area contributed by atoms with Crippen molar-refractivity contribution in [3.63, 3.8) is 0 Å². The van der Waals surface area contributed by atoms with Gasteiger partial charge < -0.3 is 5.32 Å². The first-order chi connectivity index (χ1) is 10.1. The molecule has 0 atom stereocenters. The molecule has 0 saturated carbocycles. The van der Waals surface area contributed by atoms with Crippen molar-refractivity contribution in [1.29, 1.82) is 0 Å². The quantitative estimate of drug-likeness (QED) is 0.537. The van der Waals surface area contributed by atoms with Gasteiger partial charge in [-0.05, 0) is 12.1 Å². The number of hydrogen-bond acceptors (Lipinski definition) is 8. The van der Waals surface area contributed by atoms with E-state index in [-0.39, 0.29) is 23.0 Å². The molecule has 10 heteroatoms. The Bertz CT molecular complexity index is 662. The van der Waals surface area contributed by atoms with Crippen molar-refractivity contribution in [3.05, 3.63) is 46.5 Å². The molecule has 0 aliphatic heterocycles. The number of hydrogen-bond donors (Lipinski definition) is 3. The summed E-state index contributed by atoms with van der Waals surface area (Å²) in [5.74, 6) is -0.650. The summed E-state index contributed by atoms with van der Waals surface area (Å²) in [7, 11) is 1.49. The van der Waals surface area contributed by atoms with E-state index in [2.05, 4.69) is 31.1 Å². The zero-order valence-electron chi connectivity index (χ0n) is 10.9. The maximum atomic E-state index is 11.8. The highest BCUT2D eigenvalue weighted by Crippen LogP contribution is 2.27. The first kappa shape index (κ1) is 14.1. The Morgan fingerprint density at radius 1 is 1.24 bits per heavy atom. The lowest BCUT2D eigenvalue weighted by molar-refractivity contribution is -0.383. The number of nitro groups is 1. The molecule has 0 bridgehead atoms. The third kappa shape index (κ3) is 3.18. The summed E-state index contributed by atoms with van der Waals surface area (Å²) >= 11 is 0. The normalized spacial score (nSPS) is 9.76. The number of anilines is 2. The maximum absolute atomic E-state index is 11.8. The van der Waals surface area contributed by atoms with E-state index in [1.165, 1.54) is 19.3 Å². The van der Waals surface area contributed by atoms with Crippen LogP contribution in [0.5, 0.6) is 0 Å². The average molecular weight is 289 g/mol. The smallest absolute Gasteiger partial charge is 0.354 e. The van der Waals surface area contributed by atoms with Crippen LogP contribution in [0.25, 0.3) is 0 Å². The topological polar surface area (TPSA) is 135 Å². The minimum Gasteiger partial charge on any atom is -0.367 e. The van der Waals surface area contributed by atoms with Gasteiger partial charge in [-0.3, -0.25) is 30.7 Å². The van der Waals surface area contributed by atoms with E-state index in [1.807, 2.05) is 0 Å². The summed E-state index contributed by atoms with van der Waals surface area (Å²) in [6, 6.07) is 4.82. The van der Waals surface area contributed by atoms with Crippen molar-refractivity contribution in [2.75, 3.05) is 17.8 Å². The molecular weight excluding hydrogens is 278 g/mol. The summed E-state index contributed by atoms with van der Waals surface area (Å²) in [6.45, 7) is 0. The summed E-state index contributed by atoms with van der Waals surface area (Å²) in [6.07, 6.45) is 2.59. The SMILES string of the molecule is CNc1ncnc(NNC(=O)c2ccccn2)c1[N+](=O)[O-]. The van der Waals surface area contributed by atoms with Gasteiger partial charge in [0.25, 0.3) is 5.91 Å². The predicted octanol–water partition coefficient (Wildman–Crippen LogP) is 0.578. The van der Waals surface area contributed by atoms with E-state index < -0.39 is 10.8 Å². The molecule has 0 aliphatic carbocycles. The Hall–Kier alpha value is -3.30. The van der Waals surface area contributed by atoms with Crippen LogP contribution in [-0.4, -0.2) is 32.8 Å². The molecule has 2 aromatic heterocycles. The summed E-state index contributed by atoms with van der Waals surface area (Å²) in [5, 5.41) is 13.6. The van der Waals surface area contributed by atoms with Gasteiger partial charge in [-0.2, -0.15) is 0 Å². The molecule has 1 amide bonds. The largest absolute Gasteiger partial charge is 0.367 e. The number of hydrazine groups is 1. The van der Waals surface area contributed by atoms with E-state index in [4.69, 9.17) is 0 Å². The van der Waals surface area contributed by atoms with Crippen LogP contribution in [0.2, 0.25) is 0 Å². The summed E-state index contributed by atoms with van der Waals surface area (Å²) in [5.41, 5.74) is 4.47. The molecule has 0 saturated heterocycles. The number of nitrogens with one attached hydrogen (secondary N) is 3. The lowest BCUT2D eigenvalue weighted by Crippen LogP contribution is -2.31. The minimum atomic E-state index is -0.652. The second kappa shape index (κ2) is 6.23. The van der Waals surface area contributed by atoms with E-state index in [1.54, 1.807) is 12.1 Å². The number of carbonyl (C=O) groups is 1. The highest BCUT2D eigenvalue weighted by molar-refractivity contribution is 5.93. The van der Waals surface area contributed by atoms with Crippen LogP contribution in [-0.2, 0) is 0 Å². The Balaban J connectivity index is 2.17. The van der Waals surface area contributed by atoms with Gasteiger partial charge in [0.15, 0.2) is 0 Å². The van der Waals surface area contributed by atoms with Crippen LogP contribution in [0, 0.1) is 10.1 Å². The van der Waals surface area contributed by atoms with Crippen LogP contribution in [0.1, 0.15) is 10.5 Å². The standard InChI is InChI=1S/C11H11N7O3/c1-12-9-8(18(20)21)10(15-6-14-9)16-17-11(19)7-4-2-3-5-13-7/h2-6H,1H3,(H,17,19)(H2,12,14,15,16). The second-order valence-corrected chi connectivity index (χ2v) is 3.72. The fourth-order valence-electron chi connectivity index (χ4n) is 1.50. The third-order valence-electron chi connectivity index (χ3n) is 2.43. The molecule has 2 heterocycles. The lowest BCUT2D eigenvalue weighted by atomic mass is 10.3. The molecule has 10 nitrogen and oxygen atoms in total. The number of amides is 1. The summed E-state index contributed by atoms with van der Waals surface area (Å²) < 4.78 is 0. The maximum Gasteiger partial charge on any atom is 0.354 e. The third-order valence-corrected chi connectivity index (χ3v) is 2.43. The number of pyridine rings is 1. The van der Waals surface area contributed by atoms with Crippen molar-refractivity contribution in [3.8, 4) is 0 Å². The Morgan fingerprint density at radius 3 is 2.62 bits per heavy atom. The van der Waals surface area contributed by atoms with Gasteiger partial charge in [0.2, 0.25) is 11.6 Å². The molecule has 0 spiro atoms. The molecule has 0 aromatic carbocycles. The zero-order chi connectivity index (χ0) is 15.2. The zero-order valence-corrected chi connectivity index (χ0v) is 10.9. The molecule has 21 heavy (non-hydrogen) atoms. The molecule has 0 unspecified atom stereocenters. The van der Waals surface area contributed by atoms with Gasteiger partial charge >= 0.3 is 5.69 Å². The molecule has 3 N–H and O–H groups in total. The molecular formula is C11H11N7O3. The fourth-order valence-corrected chi connectivity index (χ4v) is 1.50. The Labute approximate surface area is 118 Å². The number of rotatable bonds is 5. The Morgan fingerprint density at radius 2 is 2.00 bits per heavy atom. The van der Waals surface area contributed by atoms with Crippen LogP contribution in [0.3, 0.4) is 0 Å². The van der Waals surface area contributed by atoms with Crippen molar-refractivity contribution in [2.45, 2.75) is 0 Å². The van der Waals surface area contributed by atoms with Gasteiger partial charge in [-0.15, -0.1) is 0 Å². The van der Waals surface area contributed by atoms with Gasteiger partial charge in [0.1, 0.15) is 12.0 Å². The van der Waals surface area contributed by atoms with Gasteiger partial charge in [-0.1, -0.05) is 6.07 Å². The van der Waals surface area contributed by atoms with Crippen molar-refractivity contribution >= 4 is 23.2 Å². The predicted molar refractivity (Wildman–Crippen MR) is 73.6 cm³/mol. The first-order valence-electron chi connectivity index (χ1n) is 5.78. The van der Waals surface area contributed by atoms with E-state index in [0.717, 1.165) is 6.33 Å². The average Bonchev–Trinajstić information content (AvgIpc) is 2.52. The molecule has 2 aromatic rings. The van der Waals surface area contributed by atoms with Crippen molar-refractivity contribution in [2.24, 2.45) is 0 Å². The number of aromatic nitrogens is 3. The number of carbonyl (C=O) groups excluding carboxylic acids is 1. The van der Waals surface area contributed by atoms with E-state index in [0.29, 0.717) is 0 Å². The summed E-state index contributed by atoms with van der Waals surface area (Å²) in [4.78, 5) is 33.5. The molecule has 0 radical (unpaired) electrons. The Kier molecular flexibility index (Phi) is 4.19. The second-order valence-electron chi connectivity index (χ2n) is 3.72. The van der Waals surface area contributed by atoms with Gasteiger partial charge in [0, 0.05) is 13.2 Å². The van der Waals surface area contributed by atoms with Crippen molar-refractivity contribution < 1.29 is 9.72 Å². The van der Waals surface area contributed by atoms with Crippen LogP contribution >= 0.6 is 0 Å².